The average molecular weight is 363 g/mol. The molecule has 0 radical (unpaired) electrons. The molecule has 0 aliphatic heterocycles. The number of carbonyl (C=O) groups is 1. The van der Waals surface area contributed by atoms with Crippen molar-refractivity contribution in [2.45, 2.75) is 19.4 Å². The Morgan fingerprint density at radius 3 is 2.50 bits per heavy atom. The van der Waals surface area contributed by atoms with Gasteiger partial charge in [-0.2, -0.15) is 0 Å². The molecule has 7 heteroatoms. The summed E-state index contributed by atoms with van der Waals surface area (Å²) in [4.78, 5) is 12.2. The third kappa shape index (κ3) is 5.10. The van der Waals surface area contributed by atoms with Crippen LogP contribution in [0.15, 0.2) is 42.5 Å². The maximum atomic E-state index is 13.7. The number of anilines is 1. The van der Waals surface area contributed by atoms with Crippen LogP contribution in [0.2, 0.25) is 0 Å². The first kappa shape index (κ1) is 19.5. The Kier molecular flexibility index (Phi) is 6.80. The summed E-state index contributed by atoms with van der Waals surface area (Å²) in [6.07, 6.45) is -1.13. The molecule has 0 heterocycles. The number of benzene rings is 2. The van der Waals surface area contributed by atoms with Crippen molar-refractivity contribution in [2.75, 3.05) is 19.0 Å². The minimum atomic E-state index is -0.803. The van der Waals surface area contributed by atoms with E-state index in [0.717, 1.165) is 6.07 Å². The van der Waals surface area contributed by atoms with E-state index in [1.54, 1.807) is 38.3 Å². The van der Waals surface area contributed by atoms with Crippen LogP contribution in [-0.2, 0) is 4.74 Å². The number of aliphatic hydroxyl groups is 1. The zero-order valence-corrected chi connectivity index (χ0v) is 14.6. The Labute approximate surface area is 151 Å². The quantitative estimate of drug-likeness (QED) is 0.695. The van der Waals surface area contributed by atoms with E-state index in [4.69, 9.17) is 14.6 Å². The van der Waals surface area contributed by atoms with E-state index in [1.807, 2.05) is 0 Å². The van der Waals surface area contributed by atoms with Crippen molar-refractivity contribution in [2.24, 2.45) is 5.92 Å². The van der Waals surface area contributed by atoms with Crippen molar-refractivity contribution >= 4 is 11.8 Å². The smallest absolute Gasteiger partial charge is 0.412 e. The number of ether oxygens (including phenoxy) is 2. The number of phenols is 1. The zero-order valence-electron chi connectivity index (χ0n) is 14.6. The molecule has 0 spiro atoms. The minimum Gasteiger partial charge on any atom is -0.505 e. The van der Waals surface area contributed by atoms with E-state index in [-0.39, 0.29) is 12.5 Å². The first-order valence-electron chi connectivity index (χ1n) is 8.15. The number of amides is 1. The largest absolute Gasteiger partial charge is 0.505 e. The van der Waals surface area contributed by atoms with Crippen LogP contribution in [0.5, 0.6) is 11.5 Å². The van der Waals surface area contributed by atoms with Gasteiger partial charge in [-0.25, -0.2) is 9.18 Å². The number of nitrogens with one attached hydrogen (secondary N) is 1. The molecule has 0 fully saturated rings. The Balaban J connectivity index is 2.14. The lowest BCUT2D eigenvalue weighted by atomic mass is 9.94. The van der Waals surface area contributed by atoms with Gasteiger partial charge in [-0.15, -0.1) is 0 Å². The molecule has 0 unspecified atom stereocenters. The fourth-order valence-electron chi connectivity index (χ4n) is 2.50. The summed E-state index contributed by atoms with van der Waals surface area (Å²) < 4.78 is 24.2. The highest BCUT2D eigenvalue weighted by Crippen LogP contribution is 2.31. The van der Waals surface area contributed by atoms with Crippen LogP contribution in [0.1, 0.15) is 25.0 Å². The lowest BCUT2D eigenvalue weighted by molar-refractivity contribution is 0.0665. The van der Waals surface area contributed by atoms with Crippen molar-refractivity contribution in [3.63, 3.8) is 0 Å². The topological polar surface area (TPSA) is 88.0 Å². The summed E-state index contributed by atoms with van der Waals surface area (Å²) in [6, 6.07) is 10.5. The predicted molar refractivity (Wildman–Crippen MR) is 94.8 cm³/mol. The summed E-state index contributed by atoms with van der Waals surface area (Å²) in [6.45, 7) is 1.69. The van der Waals surface area contributed by atoms with Crippen LogP contribution in [-0.4, -0.2) is 30.0 Å². The van der Waals surface area contributed by atoms with Crippen molar-refractivity contribution in [3.05, 3.63) is 53.8 Å². The third-order valence-corrected chi connectivity index (χ3v) is 3.97. The van der Waals surface area contributed by atoms with E-state index in [1.165, 1.54) is 12.1 Å². The lowest BCUT2D eigenvalue weighted by Gasteiger charge is -2.24. The number of aromatic hydroxyl groups is 1. The summed E-state index contributed by atoms with van der Waals surface area (Å²) in [5, 5.41) is 21.1. The standard InChI is InChI=1S/C19H22FNO5/c1-12(9-10-22)18(13-3-8-17(23)16(20)11-13)26-19(24)21-14-4-6-15(25-2)7-5-14/h3-8,11-12,18,22-23H,9-10H2,1-2H3,(H,21,24)/t12-,18+/m0/s1. The molecule has 1 amide bonds. The third-order valence-electron chi connectivity index (χ3n) is 3.97. The first-order valence-corrected chi connectivity index (χ1v) is 8.15. The van der Waals surface area contributed by atoms with Crippen molar-refractivity contribution < 1.29 is 28.9 Å². The van der Waals surface area contributed by atoms with Crippen LogP contribution >= 0.6 is 0 Å². The number of hydrogen-bond acceptors (Lipinski definition) is 5. The molecule has 0 aliphatic rings. The van der Waals surface area contributed by atoms with Gasteiger partial charge in [-0.1, -0.05) is 13.0 Å². The molecule has 26 heavy (non-hydrogen) atoms. The first-order chi connectivity index (χ1) is 12.4. The maximum absolute atomic E-state index is 13.7. The van der Waals surface area contributed by atoms with Gasteiger partial charge in [0, 0.05) is 12.3 Å². The molecule has 6 nitrogen and oxygen atoms in total. The van der Waals surface area contributed by atoms with Crippen molar-refractivity contribution in [1.82, 2.24) is 0 Å². The second kappa shape index (κ2) is 9.05. The molecule has 140 valence electrons. The highest BCUT2D eigenvalue weighted by molar-refractivity contribution is 5.84. The lowest BCUT2D eigenvalue weighted by Crippen LogP contribution is -2.22. The molecular formula is C19H22FNO5. The highest BCUT2D eigenvalue weighted by Gasteiger charge is 2.24. The molecule has 2 aromatic carbocycles. The van der Waals surface area contributed by atoms with Crippen LogP contribution in [0, 0.1) is 11.7 Å². The van der Waals surface area contributed by atoms with Gasteiger partial charge in [0.2, 0.25) is 0 Å². The number of hydrogen-bond donors (Lipinski definition) is 3. The summed E-state index contributed by atoms with van der Waals surface area (Å²) >= 11 is 0. The van der Waals surface area contributed by atoms with Crippen molar-refractivity contribution in [1.29, 1.82) is 0 Å². The molecule has 0 aromatic heterocycles. The summed E-state index contributed by atoms with van der Waals surface area (Å²) in [5.74, 6) is -0.892. The molecule has 2 aromatic rings. The molecular weight excluding hydrogens is 341 g/mol. The predicted octanol–water partition coefficient (Wildman–Crippen LogP) is 3.85. The fraction of sp³-hybridized carbons (Fsp3) is 0.316. The number of carbonyl (C=O) groups excluding carboxylic acids is 1. The van der Waals surface area contributed by atoms with Crippen LogP contribution in [0.4, 0.5) is 14.9 Å². The molecule has 0 aliphatic carbocycles. The molecule has 2 rings (SSSR count). The van der Waals surface area contributed by atoms with Gasteiger partial charge in [0.1, 0.15) is 11.9 Å². The van der Waals surface area contributed by atoms with E-state index >= 15 is 0 Å². The number of methoxy groups -OCH3 is 1. The molecule has 2 atom stereocenters. The summed E-state index contributed by atoms with van der Waals surface area (Å²) in [7, 11) is 1.54. The normalized spacial score (nSPS) is 12.9. The van der Waals surface area contributed by atoms with E-state index < -0.39 is 23.8 Å². The number of rotatable bonds is 7. The van der Waals surface area contributed by atoms with Gasteiger partial charge in [-0.3, -0.25) is 5.32 Å². The zero-order chi connectivity index (χ0) is 19.1. The van der Waals surface area contributed by atoms with Gasteiger partial charge in [0.05, 0.1) is 7.11 Å². The van der Waals surface area contributed by atoms with Gasteiger partial charge < -0.3 is 19.7 Å². The van der Waals surface area contributed by atoms with Crippen LogP contribution in [0.3, 0.4) is 0 Å². The Hall–Kier alpha value is -2.80. The van der Waals surface area contributed by atoms with Gasteiger partial charge in [0.15, 0.2) is 11.6 Å². The average Bonchev–Trinajstić information content (AvgIpc) is 2.63. The van der Waals surface area contributed by atoms with Gasteiger partial charge in [0.25, 0.3) is 0 Å². The number of halogens is 1. The van der Waals surface area contributed by atoms with Gasteiger partial charge in [-0.05, 0) is 54.3 Å². The number of aliphatic hydroxyl groups excluding tert-OH is 1. The highest BCUT2D eigenvalue weighted by atomic mass is 19.1. The van der Waals surface area contributed by atoms with Crippen LogP contribution < -0.4 is 10.1 Å². The monoisotopic (exact) mass is 363 g/mol. The van der Waals surface area contributed by atoms with Crippen molar-refractivity contribution in [3.8, 4) is 11.5 Å². The Morgan fingerprint density at radius 1 is 1.23 bits per heavy atom. The molecule has 0 saturated heterocycles. The van der Waals surface area contributed by atoms with Gasteiger partial charge >= 0.3 is 6.09 Å². The minimum absolute atomic E-state index is 0.0955. The molecule has 0 bridgehead atoms. The van der Waals surface area contributed by atoms with E-state index in [0.29, 0.717) is 23.4 Å². The van der Waals surface area contributed by atoms with Crippen LogP contribution in [0.25, 0.3) is 0 Å². The second-order valence-corrected chi connectivity index (χ2v) is 5.88. The summed E-state index contributed by atoms with van der Waals surface area (Å²) in [5.41, 5.74) is 0.910. The molecule has 3 N–H and O–H groups in total. The SMILES string of the molecule is COc1ccc(NC(=O)O[C@@H](c2ccc(O)c(F)c2)[C@@H](C)CCO)cc1. The van der Waals surface area contributed by atoms with E-state index in [9.17, 15) is 14.3 Å². The molecule has 0 saturated carbocycles. The maximum Gasteiger partial charge on any atom is 0.412 e. The Morgan fingerprint density at radius 2 is 1.92 bits per heavy atom. The number of phenolic OH excluding ortho intramolecular Hbond substituents is 1. The Bertz CT molecular complexity index is 735. The second-order valence-electron chi connectivity index (χ2n) is 5.88. The fourth-order valence-corrected chi connectivity index (χ4v) is 2.50. The van der Waals surface area contributed by atoms with E-state index in [2.05, 4.69) is 5.32 Å².